The van der Waals surface area contributed by atoms with Gasteiger partial charge in [0.1, 0.15) is 0 Å². The Hall–Kier alpha value is -0.270. The van der Waals surface area contributed by atoms with Crippen LogP contribution in [0.3, 0.4) is 0 Å². The summed E-state index contributed by atoms with van der Waals surface area (Å²) in [6.07, 6.45) is 5.00. The number of nitrogens with zero attached hydrogens (tertiary/aromatic N) is 1. The number of rotatable bonds is 1. The molecule has 1 aliphatic carbocycles. The van der Waals surface area contributed by atoms with Crippen LogP contribution in [0, 0.1) is 13.8 Å². The third kappa shape index (κ3) is 2.29. The number of aryl methyl sites for hydroxylation is 1. The Morgan fingerprint density at radius 3 is 2.33 bits per heavy atom. The van der Waals surface area contributed by atoms with Crippen molar-refractivity contribution in [2.75, 3.05) is 0 Å². The van der Waals surface area contributed by atoms with Crippen molar-refractivity contribution in [3.8, 4) is 0 Å². The fourth-order valence-electron chi connectivity index (χ4n) is 2.32. The van der Waals surface area contributed by atoms with Crippen LogP contribution in [0.15, 0.2) is 0 Å². The molecule has 0 radical (unpaired) electrons. The topological polar surface area (TPSA) is 12.9 Å². The summed E-state index contributed by atoms with van der Waals surface area (Å²) in [7, 11) is 0. The van der Waals surface area contributed by atoms with Gasteiger partial charge in [-0.05, 0) is 56.2 Å². The maximum Gasteiger partial charge on any atom is 0.0650 e. The SMILES string of the molecule is Cc1nc(CCl)c2c(c1C)CCCC2.Cl. The molecule has 0 aliphatic heterocycles. The van der Waals surface area contributed by atoms with Crippen molar-refractivity contribution in [1.82, 2.24) is 4.98 Å². The van der Waals surface area contributed by atoms with E-state index in [2.05, 4.69) is 18.8 Å². The molecule has 1 aromatic rings. The molecule has 0 atom stereocenters. The quantitative estimate of drug-likeness (QED) is 0.688. The molecule has 84 valence electrons. The Labute approximate surface area is 103 Å². The fraction of sp³-hybridized carbons (Fsp3) is 0.583. The Morgan fingerprint density at radius 2 is 1.73 bits per heavy atom. The van der Waals surface area contributed by atoms with Crippen LogP contribution in [0.5, 0.6) is 0 Å². The minimum Gasteiger partial charge on any atom is -0.256 e. The van der Waals surface area contributed by atoms with Crippen molar-refractivity contribution < 1.29 is 0 Å². The number of alkyl halides is 1. The number of hydrogen-bond acceptors (Lipinski definition) is 1. The molecular formula is C12H17Cl2N. The number of aromatic nitrogens is 1. The standard InChI is InChI=1S/C12H16ClN.ClH/c1-8-9(2)14-12(7-13)11-6-4-3-5-10(8)11;/h3-7H2,1-2H3;1H. The first-order valence-corrected chi connectivity index (χ1v) is 5.81. The van der Waals surface area contributed by atoms with E-state index in [1.807, 2.05) is 0 Å². The molecule has 0 fully saturated rings. The molecule has 15 heavy (non-hydrogen) atoms. The van der Waals surface area contributed by atoms with Crippen LogP contribution in [0.2, 0.25) is 0 Å². The minimum absolute atomic E-state index is 0. The smallest absolute Gasteiger partial charge is 0.0650 e. The minimum atomic E-state index is 0. The average Bonchev–Trinajstić information content (AvgIpc) is 2.23. The second kappa shape index (κ2) is 5.18. The number of fused-ring (bicyclic) bond motifs is 1. The Morgan fingerprint density at radius 1 is 1.13 bits per heavy atom. The van der Waals surface area contributed by atoms with E-state index < -0.39 is 0 Å². The van der Waals surface area contributed by atoms with Crippen LogP contribution >= 0.6 is 24.0 Å². The lowest BCUT2D eigenvalue weighted by Crippen LogP contribution is -2.11. The summed E-state index contributed by atoms with van der Waals surface area (Å²) in [5.74, 6) is 0.559. The molecule has 1 aromatic heterocycles. The van der Waals surface area contributed by atoms with Crippen LogP contribution in [-0.2, 0) is 18.7 Å². The van der Waals surface area contributed by atoms with Gasteiger partial charge in [-0.2, -0.15) is 0 Å². The summed E-state index contributed by atoms with van der Waals surface area (Å²) >= 11 is 5.93. The van der Waals surface area contributed by atoms with E-state index in [4.69, 9.17) is 11.6 Å². The average molecular weight is 246 g/mol. The third-order valence-corrected chi connectivity index (χ3v) is 3.49. The van der Waals surface area contributed by atoms with Gasteiger partial charge in [-0.15, -0.1) is 24.0 Å². The number of pyridine rings is 1. The van der Waals surface area contributed by atoms with Crippen molar-refractivity contribution in [3.63, 3.8) is 0 Å². The Bertz CT molecular complexity index is 361. The summed E-state index contributed by atoms with van der Waals surface area (Å²) in [6, 6.07) is 0. The van der Waals surface area contributed by atoms with Crippen LogP contribution in [0.25, 0.3) is 0 Å². The summed E-state index contributed by atoms with van der Waals surface area (Å²) in [5, 5.41) is 0. The van der Waals surface area contributed by atoms with Crippen LogP contribution in [0.1, 0.15) is 40.9 Å². The van der Waals surface area contributed by atoms with Crippen LogP contribution in [0.4, 0.5) is 0 Å². The second-order valence-electron chi connectivity index (χ2n) is 4.07. The molecule has 1 aliphatic rings. The maximum absolute atomic E-state index is 5.93. The molecule has 3 heteroatoms. The van der Waals surface area contributed by atoms with E-state index in [0.717, 1.165) is 11.4 Å². The normalized spacial score (nSPS) is 14.3. The van der Waals surface area contributed by atoms with Gasteiger partial charge in [-0.25, -0.2) is 0 Å². The molecule has 0 saturated heterocycles. The highest BCUT2D eigenvalue weighted by molar-refractivity contribution is 6.17. The molecule has 0 aromatic carbocycles. The van der Waals surface area contributed by atoms with E-state index in [1.54, 1.807) is 0 Å². The fourth-order valence-corrected chi connectivity index (χ4v) is 2.54. The van der Waals surface area contributed by atoms with Crippen molar-refractivity contribution >= 4 is 24.0 Å². The van der Waals surface area contributed by atoms with Crippen LogP contribution < -0.4 is 0 Å². The summed E-state index contributed by atoms with van der Waals surface area (Å²) in [4.78, 5) is 4.57. The van der Waals surface area contributed by atoms with E-state index >= 15 is 0 Å². The Kier molecular flexibility index (Phi) is 4.42. The van der Waals surface area contributed by atoms with Crippen molar-refractivity contribution in [2.24, 2.45) is 0 Å². The molecular weight excluding hydrogens is 229 g/mol. The summed E-state index contributed by atoms with van der Waals surface area (Å²) in [6.45, 7) is 4.27. The van der Waals surface area contributed by atoms with Gasteiger partial charge in [0, 0.05) is 5.69 Å². The zero-order valence-corrected chi connectivity index (χ0v) is 10.8. The molecule has 0 bridgehead atoms. The molecule has 1 heterocycles. The zero-order chi connectivity index (χ0) is 10.1. The predicted octanol–water partition coefficient (Wildman–Crippen LogP) is 3.74. The third-order valence-electron chi connectivity index (χ3n) is 3.24. The lowest BCUT2D eigenvalue weighted by molar-refractivity contribution is 0.669. The number of halogens is 2. The zero-order valence-electron chi connectivity index (χ0n) is 9.27. The van der Waals surface area contributed by atoms with Gasteiger partial charge < -0.3 is 0 Å². The van der Waals surface area contributed by atoms with E-state index in [9.17, 15) is 0 Å². The molecule has 0 N–H and O–H groups in total. The van der Waals surface area contributed by atoms with Gasteiger partial charge in [-0.3, -0.25) is 4.98 Å². The largest absolute Gasteiger partial charge is 0.256 e. The van der Waals surface area contributed by atoms with Gasteiger partial charge in [0.15, 0.2) is 0 Å². The van der Waals surface area contributed by atoms with Crippen molar-refractivity contribution in [3.05, 3.63) is 28.1 Å². The van der Waals surface area contributed by atoms with Gasteiger partial charge in [-0.1, -0.05) is 0 Å². The number of hydrogen-bond donors (Lipinski definition) is 0. The van der Waals surface area contributed by atoms with Gasteiger partial charge in [0.05, 0.1) is 11.6 Å². The van der Waals surface area contributed by atoms with Crippen molar-refractivity contribution in [1.29, 1.82) is 0 Å². The first-order valence-electron chi connectivity index (χ1n) is 5.28. The maximum atomic E-state index is 5.93. The summed E-state index contributed by atoms with van der Waals surface area (Å²) in [5.41, 5.74) is 6.62. The first kappa shape index (κ1) is 12.8. The van der Waals surface area contributed by atoms with Gasteiger partial charge in [0.2, 0.25) is 0 Å². The second-order valence-corrected chi connectivity index (χ2v) is 4.33. The lowest BCUT2D eigenvalue weighted by atomic mass is 9.87. The van der Waals surface area contributed by atoms with Gasteiger partial charge >= 0.3 is 0 Å². The monoisotopic (exact) mass is 245 g/mol. The Balaban J connectivity index is 0.00000112. The molecule has 0 spiro atoms. The molecule has 1 nitrogen and oxygen atoms in total. The van der Waals surface area contributed by atoms with Crippen molar-refractivity contribution in [2.45, 2.75) is 45.4 Å². The highest BCUT2D eigenvalue weighted by Gasteiger charge is 2.17. The van der Waals surface area contributed by atoms with Gasteiger partial charge in [0.25, 0.3) is 0 Å². The molecule has 2 rings (SSSR count). The first-order chi connectivity index (χ1) is 6.74. The summed E-state index contributed by atoms with van der Waals surface area (Å²) < 4.78 is 0. The molecule has 0 unspecified atom stereocenters. The molecule has 0 amide bonds. The molecule has 0 saturated carbocycles. The lowest BCUT2D eigenvalue weighted by Gasteiger charge is -2.21. The van der Waals surface area contributed by atoms with Crippen LogP contribution in [-0.4, -0.2) is 4.98 Å². The van der Waals surface area contributed by atoms with E-state index in [1.165, 1.54) is 42.4 Å². The predicted molar refractivity (Wildman–Crippen MR) is 67.2 cm³/mol. The van der Waals surface area contributed by atoms with E-state index in [0.29, 0.717) is 5.88 Å². The highest BCUT2D eigenvalue weighted by Crippen LogP contribution is 2.28. The highest BCUT2D eigenvalue weighted by atomic mass is 35.5. The van der Waals surface area contributed by atoms with E-state index in [-0.39, 0.29) is 12.4 Å².